The maximum atomic E-state index is 11.3. The van der Waals surface area contributed by atoms with Gasteiger partial charge < -0.3 is 25.8 Å². The molecule has 0 saturated heterocycles. The van der Waals surface area contributed by atoms with Crippen molar-refractivity contribution in [3.8, 4) is 0 Å². The number of aliphatic carboxylic acids is 1. The normalized spacial score (nSPS) is 10.7. The summed E-state index contributed by atoms with van der Waals surface area (Å²) in [4.78, 5) is 34.3. The highest BCUT2D eigenvalue weighted by Crippen LogP contribution is 2.06. The zero-order chi connectivity index (χ0) is 15.1. The van der Waals surface area contributed by atoms with Crippen molar-refractivity contribution in [3.63, 3.8) is 0 Å². The predicted octanol–water partition coefficient (Wildman–Crippen LogP) is -0.617. The topological polar surface area (TPSA) is 122 Å². The van der Waals surface area contributed by atoms with Crippen molar-refractivity contribution in [3.05, 3.63) is 0 Å². The summed E-state index contributed by atoms with van der Waals surface area (Å²) in [6.07, 6.45) is -0.622. The third kappa shape index (κ3) is 8.83. The Bertz CT molecular complexity index is 338. The number of rotatable bonds is 6. The third-order valence-corrected chi connectivity index (χ3v) is 1.90. The first-order valence-corrected chi connectivity index (χ1v) is 5.82. The Balaban J connectivity index is 4.16. The van der Waals surface area contributed by atoms with Gasteiger partial charge in [-0.2, -0.15) is 0 Å². The number of carbonyl (C=O) groups excluding carboxylic acids is 2. The number of hydrogen-bond acceptors (Lipinski definition) is 5. The molecule has 0 fully saturated rings. The van der Waals surface area contributed by atoms with Crippen LogP contribution in [0.5, 0.6) is 0 Å². The number of carbonyl (C=O) groups is 3. The maximum absolute atomic E-state index is 11.3. The fourth-order valence-electron chi connectivity index (χ4n) is 1.19. The summed E-state index contributed by atoms with van der Waals surface area (Å²) >= 11 is 0. The van der Waals surface area contributed by atoms with Gasteiger partial charge in [0.25, 0.3) is 0 Å². The highest BCUT2D eigenvalue weighted by molar-refractivity contribution is 5.82. The van der Waals surface area contributed by atoms with Gasteiger partial charge in [0, 0.05) is 13.1 Å². The number of nitrogens with one attached hydrogen (secondary N) is 1. The summed E-state index contributed by atoms with van der Waals surface area (Å²) in [5, 5.41) is 11.1. The standard InChI is InChI=1S/C11H21N3O5/c1-11(2,3)19-10(18)13-4-5-14(7-9(16)17)8(15)6-12/h4-7,12H2,1-3H3,(H,13,18)(H,16,17). The quantitative estimate of drug-likeness (QED) is 0.594. The molecule has 0 heterocycles. The van der Waals surface area contributed by atoms with E-state index in [4.69, 9.17) is 15.6 Å². The molecule has 0 aliphatic heterocycles. The molecule has 0 bridgehead atoms. The molecule has 2 amide bonds. The van der Waals surface area contributed by atoms with Gasteiger partial charge in [0.05, 0.1) is 6.54 Å². The molecule has 8 nitrogen and oxygen atoms in total. The van der Waals surface area contributed by atoms with E-state index in [9.17, 15) is 14.4 Å². The van der Waals surface area contributed by atoms with Crippen molar-refractivity contribution in [1.82, 2.24) is 10.2 Å². The van der Waals surface area contributed by atoms with Crippen molar-refractivity contribution in [1.29, 1.82) is 0 Å². The van der Waals surface area contributed by atoms with E-state index in [-0.39, 0.29) is 19.6 Å². The van der Waals surface area contributed by atoms with Crippen LogP contribution in [0.1, 0.15) is 20.8 Å². The van der Waals surface area contributed by atoms with Crippen molar-refractivity contribution < 1.29 is 24.2 Å². The smallest absolute Gasteiger partial charge is 0.407 e. The Morgan fingerprint density at radius 2 is 1.89 bits per heavy atom. The Labute approximate surface area is 111 Å². The molecule has 8 heteroatoms. The van der Waals surface area contributed by atoms with Gasteiger partial charge in [-0.05, 0) is 20.8 Å². The van der Waals surface area contributed by atoms with Crippen molar-refractivity contribution >= 4 is 18.0 Å². The number of ether oxygens (including phenoxy) is 1. The number of carboxylic acids is 1. The van der Waals surface area contributed by atoms with E-state index in [1.807, 2.05) is 0 Å². The molecule has 0 aromatic heterocycles. The Kier molecular flexibility index (Phi) is 6.84. The highest BCUT2D eigenvalue weighted by atomic mass is 16.6. The fourth-order valence-corrected chi connectivity index (χ4v) is 1.19. The van der Waals surface area contributed by atoms with Gasteiger partial charge in [0.2, 0.25) is 5.91 Å². The van der Waals surface area contributed by atoms with E-state index in [0.29, 0.717) is 0 Å². The Morgan fingerprint density at radius 1 is 1.32 bits per heavy atom. The first-order valence-electron chi connectivity index (χ1n) is 5.82. The summed E-state index contributed by atoms with van der Waals surface area (Å²) in [6.45, 7) is 4.59. The molecule has 0 aliphatic rings. The summed E-state index contributed by atoms with van der Waals surface area (Å²) in [6, 6.07) is 0. The molecule has 0 radical (unpaired) electrons. The van der Waals surface area contributed by atoms with Crippen LogP contribution in [0.25, 0.3) is 0 Å². The van der Waals surface area contributed by atoms with Crippen LogP contribution in [0.15, 0.2) is 0 Å². The number of nitrogens with zero attached hydrogens (tertiary/aromatic N) is 1. The molecule has 110 valence electrons. The first-order chi connectivity index (χ1) is 8.65. The van der Waals surface area contributed by atoms with Crippen LogP contribution >= 0.6 is 0 Å². The zero-order valence-electron chi connectivity index (χ0n) is 11.4. The molecule has 0 rings (SSSR count). The molecule has 0 atom stereocenters. The average molecular weight is 275 g/mol. The summed E-state index contributed by atoms with van der Waals surface area (Å²) in [7, 11) is 0. The van der Waals surface area contributed by atoms with E-state index >= 15 is 0 Å². The molecule has 0 saturated carbocycles. The zero-order valence-corrected chi connectivity index (χ0v) is 11.4. The highest BCUT2D eigenvalue weighted by Gasteiger charge is 2.18. The molecular weight excluding hydrogens is 254 g/mol. The molecule has 4 N–H and O–H groups in total. The largest absolute Gasteiger partial charge is 0.480 e. The molecule has 0 spiro atoms. The van der Waals surface area contributed by atoms with E-state index in [0.717, 1.165) is 4.90 Å². The second-order valence-electron chi connectivity index (χ2n) is 4.84. The summed E-state index contributed by atoms with van der Waals surface area (Å²) in [5.41, 5.74) is 4.55. The number of carboxylic acid groups (broad SMARTS) is 1. The number of amides is 2. The van der Waals surface area contributed by atoms with E-state index < -0.39 is 30.1 Å². The minimum atomic E-state index is -1.14. The first kappa shape index (κ1) is 17.2. The summed E-state index contributed by atoms with van der Waals surface area (Å²) in [5.74, 6) is -1.63. The number of alkyl carbamates (subject to hydrolysis) is 1. The van der Waals surface area contributed by atoms with Gasteiger partial charge in [-0.25, -0.2) is 4.79 Å². The predicted molar refractivity (Wildman–Crippen MR) is 67.5 cm³/mol. The Morgan fingerprint density at radius 3 is 2.32 bits per heavy atom. The van der Waals surface area contributed by atoms with Crippen molar-refractivity contribution in [2.45, 2.75) is 26.4 Å². The molecule has 0 aromatic rings. The monoisotopic (exact) mass is 275 g/mol. The molecular formula is C11H21N3O5. The van der Waals surface area contributed by atoms with Crippen LogP contribution in [-0.2, 0) is 14.3 Å². The van der Waals surface area contributed by atoms with E-state index in [2.05, 4.69) is 5.32 Å². The van der Waals surface area contributed by atoms with E-state index in [1.54, 1.807) is 20.8 Å². The maximum Gasteiger partial charge on any atom is 0.407 e. The molecule has 0 unspecified atom stereocenters. The molecule has 0 aromatic carbocycles. The minimum absolute atomic E-state index is 0.0571. The van der Waals surface area contributed by atoms with Crippen LogP contribution in [-0.4, -0.2) is 59.8 Å². The number of hydrogen-bond donors (Lipinski definition) is 3. The lowest BCUT2D eigenvalue weighted by atomic mass is 10.2. The van der Waals surface area contributed by atoms with Gasteiger partial charge in [-0.3, -0.25) is 9.59 Å². The van der Waals surface area contributed by atoms with Crippen LogP contribution in [0.3, 0.4) is 0 Å². The lowest BCUT2D eigenvalue weighted by Gasteiger charge is -2.22. The van der Waals surface area contributed by atoms with Crippen LogP contribution < -0.4 is 11.1 Å². The summed E-state index contributed by atoms with van der Waals surface area (Å²) < 4.78 is 4.99. The SMILES string of the molecule is CC(C)(C)OC(=O)NCCN(CC(=O)O)C(=O)CN. The second-order valence-corrected chi connectivity index (χ2v) is 4.84. The van der Waals surface area contributed by atoms with Gasteiger partial charge in [-0.15, -0.1) is 0 Å². The van der Waals surface area contributed by atoms with Crippen molar-refractivity contribution in [2.24, 2.45) is 5.73 Å². The van der Waals surface area contributed by atoms with Crippen LogP contribution in [0.2, 0.25) is 0 Å². The second kappa shape index (κ2) is 7.57. The van der Waals surface area contributed by atoms with Gasteiger partial charge in [-0.1, -0.05) is 0 Å². The van der Waals surface area contributed by atoms with Crippen LogP contribution in [0, 0.1) is 0 Å². The van der Waals surface area contributed by atoms with Gasteiger partial charge in [0.1, 0.15) is 12.1 Å². The minimum Gasteiger partial charge on any atom is -0.480 e. The number of nitrogens with two attached hydrogens (primary N) is 1. The average Bonchev–Trinajstić information content (AvgIpc) is 2.23. The fraction of sp³-hybridized carbons (Fsp3) is 0.727. The van der Waals surface area contributed by atoms with Gasteiger partial charge >= 0.3 is 12.1 Å². The van der Waals surface area contributed by atoms with Crippen molar-refractivity contribution in [2.75, 3.05) is 26.2 Å². The van der Waals surface area contributed by atoms with Gasteiger partial charge in [0.15, 0.2) is 0 Å². The molecule has 0 aliphatic carbocycles. The third-order valence-electron chi connectivity index (χ3n) is 1.90. The lowest BCUT2D eigenvalue weighted by Crippen LogP contribution is -2.44. The lowest BCUT2D eigenvalue weighted by molar-refractivity contribution is -0.143. The van der Waals surface area contributed by atoms with Crippen LogP contribution in [0.4, 0.5) is 4.79 Å². The molecule has 19 heavy (non-hydrogen) atoms. The Hall–Kier alpha value is -1.83. The van der Waals surface area contributed by atoms with E-state index in [1.165, 1.54) is 0 Å².